The minimum absolute atomic E-state index is 0.610. The van der Waals surface area contributed by atoms with Crippen molar-refractivity contribution in [3.8, 4) is 0 Å². The van der Waals surface area contributed by atoms with E-state index in [-0.39, 0.29) is 0 Å². The molecule has 1 N–H and O–H groups in total. The molecule has 0 bridgehead atoms. The van der Waals surface area contributed by atoms with E-state index in [0.29, 0.717) is 18.0 Å². The van der Waals surface area contributed by atoms with E-state index in [0.717, 1.165) is 37.0 Å². The standard InChI is InChI=1S/C16H27N3O/c1-10(2)16-7-17-15(13-5-6-13)9-19(16)8-14-11(3)18-20-12(14)4/h10,13,15-17H,5-9H2,1-4H3. The Labute approximate surface area is 121 Å². The van der Waals surface area contributed by atoms with Crippen molar-refractivity contribution in [2.75, 3.05) is 13.1 Å². The maximum absolute atomic E-state index is 5.33. The predicted octanol–water partition coefficient (Wildman–Crippen LogP) is 2.50. The first-order valence-electron chi connectivity index (χ1n) is 7.95. The van der Waals surface area contributed by atoms with Crippen molar-refractivity contribution in [3.63, 3.8) is 0 Å². The van der Waals surface area contributed by atoms with Gasteiger partial charge in [0.2, 0.25) is 0 Å². The smallest absolute Gasteiger partial charge is 0.138 e. The molecule has 112 valence electrons. The van der Waals surface area contributed by atoms with E-state index >= 15 is 0 Å². The SMILES string of the molecule is Cc1noc(C)c1CN1CC(C2CC2)NCC1C(C)C. The summed E-state index contributed by atoms with van der Waals surface area (Å²) < 4.78 is 5.33. The zero-order valence-electron chi connectivity index (χ0n) is 13.1. The van der Waals surface area contributed by atoms with E-state index in [4.69, 9.17) is 4.52 Å². The third-order valence-corrected chi connectivity index (χ3v) is 4.99. The van der Waals surface area contributed by atoms with Gasteiger partial charge in [-0.2, -0.15) is 0 Å². The van der Waals surface area contributed by atoms with Crippen molar-refractivity contribution < 1.29 is 4.52 Å². The molecule has 0 amide bonds. The van der Waals surface area contributed by atoms with Crippen LogP contribution in [0, 0.1) is 25.7 Å². The molecule has 1 aromatic rings. The topological polar surface area (TPSA) is 41.3 Å². The van der Waals surface area contributed by atoms with Gasteiger partial charge in [0, 0.05) is 37.3 Å². The average Bonchev–Trinajstić information content (AvgIpc) is 3.21. The number of hydrogen-bond acceptors (Lipinski definition) is 4. The number of aromatic nitrogens is 1. The second kappa shape index (κ2) is 5.49. The molecule has 0 aromatic carbocycles. The van der Waals surface area contributed by atoms with Crippen LogP contribution in [0.4, 0.5) is 0 Å². The second-order valence-corrected chi connectivity index (χ2v) is 6.90. The first-order chi connectivity index (χ1) is 9.56. The maximum Gasteiger partial charge on any atom is 0.138 e. The van der Waals surface area contributed by atoms with Crippen LogP contribution in [-0.4, -0.2) is 35.2 Å². The van der Waals surface area contributed by atoms with Crippen molar-refractivity contribution >= 4 is 0 Å². The lowest BCUT2D eigenvalue weighted by atomic mass is 9.96. The number of nitrogens with one attached hydrogen (secondary N) is 1. The molecule has 1 saturated heterocycles. The molecule has 4 heteroatoms. The number of aryl methyl sites for hydroxylation is 2. The molecule has 2 aliphatic rings. The van der Waals surface area contributed by atoms with Gasteiger partial charge in [-0.3, -0.25) is 4.90 Å². The molecule has 2 fully saturated rings. The molecular formula is C16H27N3O. The van der Waals surface area contributed by atoms with E-state index in [9.17, 15) is 0 Å². The van der Waals surface area contributed by atoms with Crippen molar-refractivity contribution in [2.24, 2.45) is 11.8 Å². The lowest BCUT2D eigenvalue weighted by Crippen LogP contribution is -2.58. The van der Waals surface area contributed by atoms with Crippen LogP contribution in [0.15, 0.2) is 4.52 Å². The Morgan fingerprint density at radius 2 is 2.10 bits per heavy atom. The lowest BCUT2D eigenvalue weighted by Gasteiger charge is -2.42. The molecule has 2 unspecified atom stereocenters. The van der Waals surface area contributed by atoms with E-state index in [1.165, 1.54) is 18.4 Å². The monoisotopic (exact) mass is 277 g/mol. The molecule has 20 heavy (non-hydrogen) atoms. The summed E-state index contributed by atoms with van der Waals surface area (Å²) in [5, 5.41) is 7.87. The highest BCUT2D eigenvalue weighted by molar-refractivity contribution is 5.21. The highest BCUT2D eigenvalue weighted by atomic mass is 16.5. The fraction of sp³-hybridized carbons (Fsp3) is 0.812. The van der Waals surface area contributed by atoms with Crippen molar-refractivity contribution in [1.82, 2.24) is 15.4 Å². The Balaban J connectivity index is 1.75. The van der Waals surface area contributed by atoms with Gasteiger partial charge >= 0.3 is 0 Å². The molecular weight excluding hydrogens is 250 g/mol. The minimum Gasteiger partial charge on any atom is -0.361 e. The highest BCUT2D eigenvalue weighted by Gasteiger charge is 2.38. The van der Waals surface area contributed by atoms with Gasteiger partial charge in [0.05, 0.1) is 5.69 Å². The van der Waals surface area contributed by atoms with Crippen molar-refractivity contribution in [2.45, 2.75) is 59.2 Å². The van der Waals surface area contributed by atoms with Crippen LogP contribution in [0.2, 0.25) is 0 Å². The van der Waals surface area contributed by atoms with Gasteiger partial charge in [-0.1, -0.05) is 19.0 Å². The average molecular weight is 277 g/mol. The van der Waals surface area contributed by atoms with Gasteiger partial charge < -0.3 is 9.84 Å². The molecule has 1 aromatic heterocycles. The summed E-state index contributed by atoms with van der Waals surface area (Å²) in [6.07, 6.45) is 2.81. The number of hydrogen-bond donors (Lipinski definition) is 1. The number of rotatable bonds is 4. The fourth-order valence-electron chi connectivity index (χ4n) is 3.44. The first kappa shape index (κ1) is 14.1. The Morgan fingerprint density at radius 1 is 1.35 bits per heavy atom. The summed E-state index contributed by atoms with van der Waals surface area (Å²) in [5.74, 6) is 2.56. The molecule has 1 aliphatic heterocycles. The summed E-state index contributed by atoms with van der Waals surface area (Å²) in [7, 11) is 0. The normalized spacial score (nSPS) is 28.2. The minimum atomic E-state index is 0.610. The Hall–Kier alpha value is -0.870. The Morgan fingerprint density at radius 3 is 2.65 bits per heavy atom. The molecule has 2 atom stereocenters. The van der Waals surface area contributed by atoms with E-state index < -0.39 is 0 Å². The first-order valence-corrected chi connectivity index (χ1v) is 7.95. The largest absolute Gasteiger partial charge is 0.361 e. The van der Waals surface area contributed by atoms with Gasteiger partial charge in [0.15, 0.2) is 0 Å². The molecule has 0 radical (unpaired) electrons. The second-order valence-electron chi connectivity index (χ2n) is 6.90. The van der Waals surface area contributed by atoms with Crippen LogP contribution >= 0.6 is 0 Å². The Bertz CT molecular complexity index is 445. The number of nitrogens with zero attached hydrogens (tertiary/aromatic N) is 2. The Kier molecular flexibility index (Phi) is 3.87. The third kappa shape index (κ3) is 2.77. The summed E-state index contributed by atoms with van der Waals surface area (Å²) in [6.45, 7) is 12.0. The molecule has 4 nitrogen and oxygen atoms in total. The number of piperazine rings is 1. The van der Waals surface area contributed by atoms with E-state index in [1.54, 1.807) is 0 Å². The fourth-order valence-corrected chi connectivity index (χ4v) is 3.44. The maximum atomic E-state index is 5.33. The quantitative estimate of drug-likeness (QED) is 0.918. The van der Waals surface area contributed by atoms with Gasteiger partial charge in [-0.05, 0) is 38.5 Å². The molecule has 1 saturated carbocycles. The van der Waals surface area contributed by atoms with Gasteiger partial charge in [-0.25, -0.2) is 0 Å². The molecule has 0 spiro atoms. The predicted molar refractivity (Wildman–Crippen MR) is 79.5 cm³/mol. The molecule has 3 rings (SSSR count). The van der Waals surface area contributed by atoms with Crippen molar-refractivity contribution in [3.05, 3.63) is 17.0 Å². The zero-order chi connectivity index (χ0) is 14.3. The highest BCUT2D eigenvalue weighted by Crippen LogP contribution is 2.35. The summed E-state index contributed by atoms with van der Waals surface area (Å²) in [6, 6.07) is 1.30. The third-order valence-electron chi connectivity index (χ3n) is 4.99. The summed E-state index contributed by atoms with van der Waals surface area (Å²) >= 11 is 0. The van der Waals surface area contributed by atoms with Crippen LogP contribution in [0.5, 0.6) is 0 Å². The van der Waals surface area contributed by atoms with E-state index in [2.05, 4.69) is 36.1 Å². The molecule has 2 heterocycles. The van der Waals surface area contributed by atoms with Gasteiger partial charge in [0.1, 0.15) is 5.76 Å². The van der Waals surface area contributed by atoms with Crippen LogP contribution in [0.3, 0.4) is 0 Å². The lowest BCUT2D eigenvalue weighted by molar-refractivity contribution is 0.0846. The van der Waals surface area contributed by atoms with Gasteiger partial charge in [0.25, 0.3) is 0 Å². The molecule has 1 aliphatic carbocycles. The summed E-state index contributed by atoms with van der Waals surface area (Å²) in [4.78, 5) is 2.65. The van der Waals surface area contributed by atoms with E-state index in [1.807, 2.05) is 6.92 Å². The van der Waals surface area contributed by atoms with Crippen LogP contribution in [0.25, 0.3) is 0 Å². The van der Waals surface area contributed by atoms with Crippen LogP contribution in [-0.2, 0) is 6.54 Å². The zero-order valence-corrected chi connectivity index (χ0v) is 13.1. The van der Waals surface area contributed by atoms with Crippen LogP contribution in [0.1, 0.15) is 43.7 Å². The van der Waals surface area contributed by atoms with Crippen LogP contribution < -0.4 is 5.32 Å². The van der Waals surface area contributed by atoms with Crippen molar-refractivity contribution in [1.29, 1.82) is 0 Å². The van der Waals surface area contributed by atoms with Gasteiger partial charge in [-0.15, -0.1) is 0 Å². The summed E-state index contributed by atoms with van der Waals surface area (Å²) in [5.41, 5.74) is 2.33.